The Morgan fingerprint density at radius 2 is 1.11 bits per heavy atom. The predicted molar refractivity (Wildman–Crippen MR) is 296 cm³/mol. The predicted octanol–water partition coefficient (Wildman–Crippen LogP) is 16.2. The van der Waals surface area contributed by atoms with Crippen molar-refractivity contribution in [3.05, 3.63) is 172 Å². The molecule has 4 heteroatoms. The number of benzene rings is 8. The highest BCUT2D eigenvalue weighted by molar-refractivity contribution is 6.94. The van der Waals surface area contributed by atoms with E-state index in [1.54, 1.807) is 0 Å². The van der Waals surface area contributed by atoms with Gasteiger partial charge in [0.05, 0.1) is 11.0 Å². The zero-order valence-electron chi connectivity index (χ0n) is 42.5. The molecule has 4 heterocycles. The molecule has 0 amide bonds. The molecule has 3 nitrogen and oxygen atoms in total. The van der Waals surface area contributed by atoms with Gasteiger partial charge in [-0.05, 0) is 150 Å². The smallest absolute Gasteiger partial charge is 0.333 e. The average Bonchev–Trinajstić information content (AvgIpc) is 4.02. The Balaban J connectivity index is 1.19. The maximum Gasteiger partial charge on any atom is 0.333 e. The van der Waals surface area contributed by atoms with Crippen LogP contribution in [-0.4, -0.2) is 11.4 Å². The van der Waals surface area contributed by atoms with Crippen LogP contribution in [0.15, 0.2) is 138 Å². The first-order valence-electron chi connectivity index (χ1n) is 25.8. The summed E-state index contributed by atoms with van der Waals surface area (Å²) in [5.41, 5.74) is 28.3. The number of nitrogens with zero attached hydrogens (tertiary/aromatic N) is 2. The van der Waals surface area contributed by atoms with Crippen LogP contribution in [0.2, 0.25) is 0 Å². The number of aromatic nitrogens is 1. The summed E-state index contributed by atoms with van der Waals surface area (Å²) in [5, 5.41) is 5.04. The van der Waals surface area contributed by atoms with Crippen LogP contribution in [0.3, 0.4) is 0 Å². The molecular formula is C66H59BN2O. The lowest BCUT2D eigenvalue weighted by Gasteiger charge is -2.43. The first kappa shape index (κ1) is 41.0. The van der Waals surface area contributed by atoms with Gasteiger partial charge in [0.15, 0.2) is 0 Å². The Bertz CT molecular complexity index is 4050. The highest BCUT2D eigenvalue weighted by Gasteiger charge is 2.50. The summed E-state index contributed by atoms with van der Waals surface area (Å²) in [6, 6.07) is 52.4. The minimum atomic E-state index is -0.185. The van der Waals surface area contributed by atoms with E-state index in [1.165, 1.54) is 133 Å². The fourth-order valence-corrected chi connectivity index (χ4v) is 14.6. The summed E-state index contributed by atoms with van der Waals surface area (Å²) in [7, 11) is 0. The normalized spacial score (nSPS) is 17.9. The maximum atomic E-state index is 7.47. The van der Waals surface area contributed by atoms with Gasteiger partial charge in [-0.1, -0.05) is 161 Å². The van der Waals surface area contributed by atoms with E-state index in [0.29, 0.717) is 0 Å². The molecule has 0 fully saturated rings. The molecule has 0 saturated carbocycles. The molecule has 15 rings (SSSR count). The SMILES string of the molecule is CC(C)(C)c1ccc(N2B3c4cc5c(cc4-n4c6cc7c(cc6c6c8c(oc9ccccc98)c(c3c64)-c3cc4c(cc32)C(C)(C)c2ccccc2-4)C(C)(C)CCC7(C)C)-c2ccccc2C5(C)C)cc1. The molecule has 0 radical (unpaired) electrons. The Kier molecular flexibility index (Phi) is 7.48. The molecular weight excluding hydrogens is 848 g/mol. The van der Waals surface area contributed by atoms with Gasteiger partial charge in [-0.25, -0.2) is 0 Å². The Labute approximate surface area is 412 Å². The van der Waals surface area contributed by atoms with Crippen LogP contribution in [0, 0.1) is 0 Å². The quantitative estimate of drug-likeness (QED) is 0.153. The molecule has 0 bridgehead atoms. The van der Waals surface area contributed by atoms with Crippen molar-refractivity contribution in [2.75, 3.05) is 4.81 Å². The zero-order valence-corrected chi connectivity index (χ0v) is 42.5. The van der Waals surface area contributed by atoms with Crippen LogP contribution in [0.5, 0.6) is 0 Å². The summed E-state index contributed by atoms with van der Waals surface area (Å²) in [5.74, 6) is 0. The summed E-state index contributed by atoms with van der Waals surface area (Å²) in [4.78, 5) is 2.75. The Morgan fingerprint density at radius 3 is 1.79 bits per heavy atom. The van der Waals surface area contributed by atoms with Crippen molar-refractivity contribution in [2.45, 2.75) is 116 Å². The largest absolute Gasteiger partial charge is 0.455 e. The number of hydrogen-bond acceptors (Lipinski definition) is 2. The van der Waals surface area contributed by atoms with E-state index < -0.39 is 0 Å². The first-order chi connectivity index (χ1) is 33.4. The molecule has 0 unspecified atom stereocenters. The van der Waals surface area contributed by atoms with Gasteiger partial charge >= 0.3 is 6.85 Å². The lowest BCUT2D eigenvalue weighted by molar-refractivity contribution is 0.332. The highest BCUT2D eigenvalue weighted by Crippen LogP contribution is 2.58. The van der Waals surface area contributed by atoms with Gasteiger partial charge in [-0.15, -0.1) is 0 Å². The number of hydrogen-bond donors (Lipinski definition) is 0. The summed E-state index contributed by atoms with van der Waals surface area (Å²) >= 11 is 0. The van der Waals surface area contributed by atoms with Gasteiger partial charge in [0, 0.05) is 60.6 Å². The highest BCUT2D eigenvalue weighted by atomic mass is 16.3. The van der Waals surface area contributed by atoms with Crippen molar-refractivity contribution in [3.63, 3.8) is 0 Å². The fraction of sp³-hybridized carbons (Fsp3) is 0.273. The summed E-state index contributed by atoms with van der Waals surface area (Å²) in [6.07, 6.45) is 2.32. The second-order valence-corrected chi connectivity index (χ2v) is 25.1. The van der Waals surface area contributed by atoms with E-state index in [4.69, 9.17) is 4.42 Å². The van der Waals surface area contributed by atoms with Crippen LogP contribution < -0.4 is 15.7 Å². The lowest BCUT2D eigenvalue weighted by atomic mass is 9.43. The minimum Gasteiger partial charge on any atom is -0.455 e. The summed E-state index contributed by atoms with van der Waals surface area (Å²) in [6.45, 7) is 26.4. The molecule has 0 spiro atoms. The van der Waals surface area contributed by atoms with E-state index in [9.17, 15) is 0 Å². The standard InChI is InChI=1S/C66H59BN2O/c1-62(2,3)36-24-26-37(27-25-36)69-53-34-48-41(38-18-12-15-21-45(38)66(48,10)11)30-43(53)58-59-60-56(57-40-20-14-17-23-55(40)70-61(57)58)44-31-49-50(64(6,7)29-28-63(49,4)5)35-52(44)68(60)54-32-42-39-19-13-16-22-46(39)65(8,9)47(42)33-51(54)67(59)69/h12-27,30-35H,28-29H2,1-11H3. The molecule has 3 aliphatic carbocycles. The third-order valence-corrected chi connectivity index (χ3v) is 18.6. The number of para-hydroxylation sites is 1. The third kappa shape index (κ3) is 4.88. The number of fused-ring (bicyclic) bond motifs is 20. The number of furan rings is 1. The van der Waals surface area contributed by atoms with E-state index in [2.05, 4.69) is 219 Å². The summed E-state index contributed by atoms with van der Waals surface area (Å²) < 4.78 is 10.2. The van der Waals surface area contributed by atoms with Crippen molar-refractivity contribution >= 4 is 72.9 Å². The number of anilines is 2. The van der Waals surface area contributed by atoms with Gasteiger partial charge in [0.1, 0.15) is 11.2 Å². The average molecular weight is 907 g/mol. The number of rotatable bonds is 1. The second kappa shape index (κ2) is 12.8. The lowest BCUT2D eigenvalue weighted by Crippen LogP contribution is -2.60. The van der Waals surface area contributed by atoms with Crippen molar-refractivity contribution in [3.8, 4) is 39.1 Å². The monoisotopic (exact) mass is 906 g/mol. The van der Waals surface area contributed by atoms with Gasteiger partial charge < -0.3 is 13.8 Å². The molecule has 2 aromatic heterocycles. The van der Waals surface area contributed by atoms with Crippen LogP contribution in [0.1, 0.15) is 128 Å². The second-order valence-electron chi connectivity index (χ2n) is 25.1. The maximum absolute atomic E-state index is 7.47. The molecule has 10 aromatic rings. The van der Waals surface area contributed by atoms with E-state index in [-0.39, 0.29) is 33.9 Å². The van der Waals surface area contributed by atoms with Gasteiger partial charge in [0.2, 0.25) is 0 Å². The third-order valence-electron chi connectivity index (χ3n) is 18.6. The van der Waals surface area contributed by atoms with E-state index in [1.807, 2.05) is 0 Å². The minimum absolute atomic E-state index is 0.0163. The molecule has 342 valence electrons. The molecule has 2 aliphatic heterocycles. The van der Waals surface area contributed by atoms with Gasteiger partial charge in [0.25, 0.3) is 0 Å². The van der Waals surface area contributed by atoms with Crippen LogP contribution in [0.4, 0.5) is 11.4 Å². The van der Waals surface area contributed by atoms with Crippen LogP contribution >= 0.6 is 0 Å². The van der Waals surface area contributed by atoms with Crippen molar-refractivity contribution in [1.82, 2.24) is 4.57 Å². The fourth-order valence-electron chi connectivity index (χ4n) is 14.6. The topological polar surface area (TPSA) is 21.3 Å². The van der Waals surface area contributed by atoms with Crippen LogP contribution in [0.25, 0.3) is 82.8 Å². The molecule has 8 aromatic carbocycles. The molecule has 0 N–H and O–H groups in total. The van der Waals surface area contributed by atoms with Gasteiger partial charge in [-0.2, -0.15) is 0 Å². The molecule has 70 heavy (non-hydrogen) atoms. The van der Waals surface area contributed by atoms with E-state index in [0.717, 1.165) is 24.0 Å². The molecule has 0 atom stereocenters. The van der Waals surface area contributed by atoms with Gasteiger partial charge in [-0.3, -0.25) is 0 Å². The Morgan fingerprint density at radius 1 is 0.514 bits per heavy atom. The van der Waals surface area contributed by atoms with E-state index >= 15 is 0 Å². The van der Waals surface area contributed by atoms with Crippen molar-refractivity contribution < 1.29 is 4.42 Å². The van der Waals surface area contributed by atoms with Crippen molar-refractivity contribution in [1.29, 1.82) is 0 Å². The van der Waals surface area contributed by atoms with Crippen LogP contribution in [-0.2, 0) is 27.1 Å². The Hall–Kier alpha value is -6.78. The van der Waals surface area contributed by atoms with Crippen molar-refractivity contribution in [2.24, 2.45) is 0 Å². The first-order valence-corrected chi connectivity index (χ1v) is 25.8. The molecule has 0 saturated heterocycles. The zero-order chi connectivity index (χ0) is 47.9. The molecule has 5 aliphatic rings.